The van der Waals surface area contributed by atoms with E-state index in [0.717, 1.165) is 0 Å². The van der Waals surface area contributed by atoms with E-state index in [1.165, 1.54) is 85.6 Å². The van der Waals surface area contributed by atoms with Gasteiger partial charge in [-0.05, 0) is 56.6 Å². The topological polar surface area (TPSA) is 0 Å². The second-order valence-corrected chi connectivity index (χ2v) is 14.2. The molecule has 0 aliphatic carbocycles. The highest BCUT2D eigenvalue weighted by atomic mass is 32.1. The molecule has 9 rings (SSSR count). The molecule has 0 saturated heterocycles. The minimum Gasteiger partial charge on any atom is -0.135 e. The number of thiophene rings is 2. The summed E-state index contributed by atoms with van der Waals surface area (Å²) < 4.78 is 2.62. The highest BCUT2D eigenvalue weighted by molar-refractivity contribution is 7.24. The van der Waals surface area contributed by atoms with Crippen molar-refractivity contribution in [2.45, 2.75) is 0 Å². The summed E-state index contributed by atoms with van der Waals surface area (Å²) in [5, 5.41) is 2.63. The van der Waals surface area contributed by atoms with E-state index >= 15 is 0 Å². The minimum absolute atomic E-state index is 1.24. The van der Waals surface area contributed by atoms with Crippen LogP contribution in [0, 0.1) is 0 Å². The molecule has 0 saturated carbocycles. The molecule has 2 heterocycles. The fourth-order valence-electron chi connectivity index (χ4n) is 6.76. The quantitative estimate of drug-likeness (QED) is 0.169. The maximum absolute atomic E-state index is 2.45. The van der Waals surface area contributed by atoms with Crippen molar-refractivity contribution in [3.05, 3.63) is 182 Å². The average Bonchev–Trinajstić information content (AvgIpc) is 3.73. The molecule has 0 N–H and O–H groups in total. The van der Waals surface area contributed by atoms with E-state index in [4.69, 9.17) is 0 Å². The molecule has 0 aliphatic rings. The van der Waals surface area contributed by atoms with Crippen LogP contribution in [0.15, 0.2) is 182 Å². The summed E-state index contributed by atoms with van der Waals surface area (Å²) in [5.41, 5.74) is 12.6. The van der Waals surface area contributed by atoms with E-state index in [0.29, 0.717) is 0 Å². The summed E-state index contributed by atoms with van der Waals surface area (Å²) >= 11 is 3.80. The second kappa shape index (κ2) is 12.2. The lowest BCUT2D eigenvalue weighted by molar-refractivity contribution is 1.61. The van der Waals surface area contributed by atoms with Crippen molar-refractivity contribution in [2.24, 2.45) is 0 Å². The molecule has 0 nitrogen and oxygen atoms in total. The van der Waals surface area contributed by atoms with Crippen LogP contribution < -0.4 is 0 Å². The van der Waals surface area contributed by atoms with Gasteiger partial charge in [-0.1, -0.05) is 170 Å². The monoisotopic (exact) mass is 646 g/mol. The first kappa shape index (κ1) is 28.7. The first-order valence-electron chi connectivity index (χ1n) is 16.3. The van der Waals surface area contributed by atoms with Gasteiger partial charge in [-0.15, -0.1) is 22.7 Å². The van der Waals surface area contributed by atoms with E-state index in [-0.39, 0.29) is 0 Å². The van der Waals surface area contributed by atoms with Crippen LogP contribution in [0.1, 0.15) is 0 Å². The van der Waals surface area contributed by atoms with Crippen LogP contribution >= 0.6 is 22.7 Å². The molecule has 0 amide bonds. The van der Waals surface area contributed by atoms with Crippen LogP contribution in [0.25, 0.3) is 85.6 Å². The van der Waals surface area contributed by atoms with Crippen LogP contribution in [0.4, 0.5) is 0 Å². The fraction of sp³-hybridized carbons (Fsp3) is 0. The molecule has 48 heavy (non-hydrogen) atoms. The number of benzene rings is 7. The summed E-state index contributed by atoms with van der Waals surface area (Å²) in [6.07, 6.45) is 0. The summed E-state index contributed by atoms with van der Waals surface area (Å²) in [7, 11) is 0. The van der Waals surface area contributed by atoms with Crippen LogP contribution in [-0.2, 0) is 0 Å². The zero-order chi connectivity index (χ0) is 31.9. The van der Waals surface area contributed by atoms with E-state index in [9.17, 15) is 0 Å². The minimum atomic E-state index is 1.24. The lowest BCUT2D eigenvalue weighted by Gasteiger charge is -2.08. The maximum atomic E-state index is 2.45. The molecule has 2 aromatic heterocycles. The molecule has 0 atom stereocenters. The van der Waals surface area contributed by atoms with Gasteiger partial charge < -0.3 is 0 Å². The number of hydrogen-bond donors (Lipinski definition) is 0. The zero-order valence-electron chi connectivity index (χ0n) is 26.1. The molecule has 0 radical (unpaired) electrons. The number of fused-ring (bicyclic) bond motifs is 2. The number of hydrogen-bond acceptors (Lipinski definition) is 2. The third-order valence-corrected chi connectivity index (χ3v) is 11.5. The predicted octanol–water partition coefficient (Wildman–Crippen LogP) is 14.1. The van der Waals surface area contributed by atoms with E-state index in [1.807, 2.05) is 22.7 Å². The van der Waals surface area contributed by atoms with Gasteiger partial charge in [0.15, 0.2) is 0 Å². The van der Waals surface area contributed by atoms with Crippen LogP contribution in [0.2, 0.25) is 0 Å². The summed E-state index contributed by atoms with van der Waals surface area (Å²) in [5.74, 6) is 0. The van der Waals surface area contributed by atoms with Crippen molar-refractivity contribution in [1.29, 1.82) is 0 Å². The molecule has 0 unspecified atom stereocenters. The molecule has 7 aromatic carbocycles. The molecular formula is C46H30S2. The average molecular weight is 647 g/mol. The van der Waals surface area contributed by atoms with Crippen LogP contribution in [-0.4, -0.2) is 0 Å². The first-order valence-corrected chi connectivity index (χ1v) is 17.9. The summed E-state index contributed by atoms with van der Waals surface area (Å²) in [6, 6.07) is 66.1. The molecule has 2 heteroatoms. The molecule has 226 valence electrons. The van der Waals surface area contributed by atoms with Gasteiger partial charge in [0, 0.05) is 41.1 Å². The lowest BCUT2D eigenvalue weighted by Crippen LogP contribution is -1.82. The Balaban J connectivity index is 1.23. The molecule has 0 bridgehead atoms. The Kier molecular flexibility index (Phi) is 7.31. The van der Waals surface area contributed by atoms with Crippen molar-refractivity contribution in [3.63, 3.8) is 0 Å². The van der Waals surface area contributed by atoms with Crippen molar-refractivity contribution in [2.75, 3.05) is 0 Å². The van der Waals surface area contributed by atoms with E-state index < -0.39 is 0 Å². The Morgan fingerprint density at radius 2 is 0.521 bits per heavy atom. The summed E-state index contributed by atoms with van der Waals surface area (Å²) in [6.45, 7) is 0. The smallest absolute Gasteiger partial charge is 0.0433 e. The van der Waals surface area contributed by atoms with Crippen molar-refractivity contribution < 1.29 is 0 Å². The molecule has 0 spiro atoms. The maximum Gasteiger partial charge on any atom is 0.0433 e. The van der Waals surface area contributed by atoms with Crippen molar-refractivity contribution >= 4 is 42.8 Å². The van der Waals surface area contributed by atoms with Gasteiger partial charge in [-0.25, -0.2) is 0 Å². The van der Waals surface area contributed by atoms with E-state index in [2.05, 4.69) is 182 Å². The fourth-order valence-corrected chi connectivity index (χ4v) is 9.27. The molecular weight excluding hydrogens is 617 g/mol. The lowest BCUT2D eigenvalue weighted by atomic mass is 9.95. The molecule has 0 fully saturated rings. The van der Waals surface area contributed by atoms with E-state index in [1.54, 1.807) is 0 Å². The second-order valence-electron chi connectivity index (χ2n) is 12.1. The SMILES string of the molecule is c1ccc(-c2ccc(-c3sc4cc5c(-c6ccccc6)c(-c6ccc(-c7ccccc7)cc6)sc5cc4c3-c3ccccc3)cc2)cc1. The standard InChI is InChI=1S/C46H30S2/c1-5-13-31(14-6-1)33-21-25-37(26-22-33)45-43(35-17-9-3-10-18-35)39-29-42-40(30-41(39)47-45)44(36-19-11-4-12-20-36)46(48-42)38-27-23-34(24-28-38)32-15-7-2-8-16-32/h1-30H. The van der Waals surface area contributed by atoms with Gasteiger partial charge in [0.2, 0.25) is 0 Å². The zero-order valence-corrected chi connectivity index (χ0v) is 27.8. The third kappa shape index (κ3) is 5.16. The first-order chi connectivity index (χ1) is 23.8. The van der Waals surface area contributed by atoms with Crippen molar-refractivity contribution in [3.8, 4) is 65.4 Å². The molecule has 9 aromatic rings. The van der Waals surface area contributed by atoms with Crippen LogP contribution in [0.3, 0.4) is 0 Å². The summed E-state index contributed by atoms with van der Waals surface area (Å²) in [4.78, 5) is 2.62. The highest BCUT2D eigenvalue weighted by Gasteiger charge is 2.21. The molecule has 0 aliphatic heterocycles. The Morgan fingerprint density at radius 1 is 0.250 bits per heavy atom. The van der Waals surface area contributed by atoms with Gasteiger partial charge in [0.05, 0.1) is 0 Å². The van der Waals surface area contributed by atoms with Gasteiger partial charge in [0.1, 0.15) is 0 Å². The van der Waals surface area contributed by atoms with Crippen molar-refractivity contribution in [1.82, 2.24) is 0 Å². The van der Waals surface area contributed by atoms with Gasteiger partial charge in [-0.3, -0.25) is 0 Å². The Morgan fingerprint density at radius 3 is 0.854 bits per heavy atom. The van der Waals surface area contributed by atoms with Crippen LogP contribution in [0.5, 0.6) is 0 Å². The van der Waals surface area contributed by atoms with Gasteiger partial charge >= 0.3 is 0 Å². The number of rotatable bonds is 6. The highest BCUT2D eigenvalue weighted by Crippen LogP contribution is 2.51. The largest absolute Gasteiger partial charge is 0.135 e. The van der Waals surface area contributed by atoms with Gasteiger partial charge in [-0.2, -0.15) is 0 Å². The Labute approximate surface area is 288 Å². The Hall–Kier alpha value is -5.54. The normalized spacial score (nSPS) is 11.3. The van der Waals surface area contributed by atoms with Gasteiger partial charge in [0.25, 0.3) is 0 Å². The predicted molar refractivity (Wildman–Crippen MR) is 210 cm³/mol. The third-order valence-electron chi connectivity index (χ3n) is 9.13. The Bertz CT molecular complexity index is 2310.